The minimum atomic E-state index is -2.83. The van der Waals surface area contributed by atoms with Crippen LogP contribution in [-0.4, -0.2) is 0 Å². The van der Waals surface area contributed by atoms with E-state index in [1.54, 1.807) is 0 Å². The minimum Gasteiger partial charge on any atom is -0.311 e. The first-order valence-corrected chi connectivity index (χ1v) is 12.5. The van der Waals surface area contributed by atoms with Gasteiger partial charge in [0.2, 0.25) is 0 Å². The van der Waals surface area contributed by atoms with Crippen LogP contribution in [0.1, 0.15) is 5.56 Å². The van der Waals surface area contributed by atoms with Crippen molar-refractivity contribution in [1.29, 1.82) is 0 Å². The Morgan fingerprint density at radius 1 is 0.559 bits per heavy atom. The summed E-state index contributed by atoms with van der Waals surface area (Å²) >= 11 is 0. The predicted octanol–water partition coefficient (Wildman–Crippen LogP) is 6.39. The van der Waals surface area contributed by atoms with E-state index in [9.17, 15) is 4.57 Å². The van der Waals surface area contributed by atoms with Crippen LogP contribution in [0.4, 0.5) is 0 Å². The molecule has 0 unspecified atom stereocenters. The maximum Gasteiger partial charge on any atom is 3.00 e. The van der Waals surface area contributed by atoms with Crippen molar-refractivity contribution in [1.82, 2.24) is 0 Å². The standard InChI is InChI=1S/C18H14OP.C13H10.Ir/c19-20(16-10-4-1-5-11-16,17-12-6-2-7-13-17)18-14-8-3-9-15-18;1-11-7-9-13(10-8-11)12-5-3-2-4-6-12;/h1-14H;2-5,7-9H,1H3;/q-1;-2;+3. The molecular weight excluding hydrogens is 612 g/mol. The van der Waals surface area contributed by atoms with Crippen LogP contribution in [0.25, 0.3) is 11.1 Å². The molecule has 0 spiro atoms. The fourth-order valence-electron chi connectivity index (χ4n) is 3.51. The predicted molar refractivity (Wildman–Crippen MR) is 139 cm³/mol. The van der Waals surface area contributed by atoms with E-state index < -0.39 is 7.14 Å². The summed E-state index contributed by atoms with van der Waals surface area (Å²) < 4.78 is 13.8. The van der Waals surface area contributed by atoms with Crippen LogP contribution in [0.2, 0.25) is 0 Å². The van der Waals surface area contributed by atoms with Gasteiger partial charge in [-0.3, -0.25) is 0 Å². The first kappa shape index (κ1) is 25.6. The third-order valence-corrected chi connectivity index (χ3v) is 8.25. The molecule has 34 heavy (non-hydrogen) atoms. The van der Waals surface area contributed by atoms with E-state index >= 15 is 0 Å². The van der Waals surface area contributed by atoms with Gasteiger partial charge >= 0.3 is 20.1 Å². The van der Waals surface area contributed by atoms with Gasteiger partial charge in [0.15, 0.2) is 0 Å². The summed E-state index contributed by atoms with van der Waals surface area (Å²) in [6, 6.07) is 50.4. The van der Waals surface area contributed by atoms with Crippen molar-refractivity contribution in [2.45, 2.75) is 6.92 Å². The Labute approximate surface area is 216 Å². The van der Waals surface area contributed by atoms with E-state index in [4.69, 9.17) is 0 Å². The van der Waals surface area contributed by atoms with Gasteiger partial charge in [0.25, 0.3) is 0 Å². The summed E-state index contributed by atoms with van der Waals surface area (Å²) in [5, 5.41) is 2.43. The molecule has 0 aliphatic heterocycles. The number of aryl methyl sites for hydroxylation is 1. The van der Waals surface area contributed by atoms with Gasteiger partial charge in [-0.25, -0.2) is 11.1 Å². The second-order valence-corrected chi connectivity index (χ2v) is 10.3. The Hall–Kier alpha value is -3.02. The maximum atomic E-state index is 13.8. The zero-order valence-corrected chi connectivity index (χ0v) is 22.1. The summed E-state index contributed by atoms with van der Waals surface area (Å²) in [6.45, 7) is 2.06. The van der Waals surface area contributed by atoms with Crippen molar-refractivity contribution in [3.05, 3.63) is 151 Å². The maximum absolute atomic E-state index is 13.8. The minimum absolute atomic E-state index is 0. The van der Waals surface area contributed by atoms with Crippen LogP contribution in [0.5, 0.6) is 0 Å². The molecule has 168 valence electrons. The topological polar surface area (TPSA) is 17.1 Å². The zero-order valence-electron chi connectivity index (χ0n) is 18.8. The third-order valence-electron chi connectivity index (χ3n) is 5.24. The largest absolute Gasteiger partial charge is 3.00 e. The Bertz CT molecular complexity index is 1200. The molecule has 1 nitrogen and oxygen atoms in total. The monoisotopic (exact) mass is 636 g/mol. The molecule has 0 aromatic heterocycles. The molecule has 5 rings (SSSR count). The summed E-state index contributed by atoms with van der Waals surface area (Å²) in [7, 11) is -2.83. The van der Waals surface area contributed by atoms with Crippen molar-refractivity contribution in [3.63, 3.8) is 0 Å². The van der Waals surface area contributed by atoms with E-state index in [0.29, 0.717) is 0 Å². The zero-order chi connectivity index (χ0) is 22.9. The Balaban J connectivity index is 0.000000201. The third kappa shape index (κ3) is 6.10. The van der Waals surface area contributed by atoms with Crippen molar-refractivity contribution < 1.29 is 24.7 Å². The van der Waals surface area contributed by atoms with Crippen molar-refractivity contribution in [2.75, 3.05) is 0 Å². The van der Waals surface area contributed by atoms with E-state index in [1.165, 1.54) is 5.56 Å². The smallest absolute Gasteiger partial charge is 0.311 e. The van der Waals surface area contributed by atoms with Gasteiger partial charge in [-0.15, -0.1) is 11.6 Å². The van der Waals surface area contributed by atoms with Crippen molar-refractivity contribution in [2.24, 2.45) is 0 Å². The summed E-state index contributed by atoms with van der Waals surface area (Å²) in [5.41, 5.74) is 3.44. The fraction of sp³-hybridized carbons (Fsp3) is 0.0323. The molecule has 0 atom stereocenters. The SMILES string of the molecule is Cc1c[c-]c(-c2[c-]cccc2)cc1.O=P(c1[c-]cccc1)(c1ccccc1)c1ccccc1.[Ir+3]. The number of benzene rings is 5. The van der Waals surface area contributed by atoms with Crippen LogP contribution in [0, 0.1) is 25.1 Å². The second-order valence-electron chi connectivity index (χ2n) is 7.58. The second kappa shape index (κ2) is 12.4. The van der Waals surface area contributed by atoms with Crippen LogP contribution in [-0.2, 0) is 24.7 Å². The average Bonchev–Trinajstić information content (AvgIpc) is 2.91. The van der Waals surface area contributed by atoms with Gasteiger partial charge in [0.05, 0.1) is 0 Å². The van der Waals surface area contributed by atoms with Gasteiger partial charge in [-0.1, -0.05) is 72.9 Å². The Morgan fingerprint density at radius 2 is 1.09 bits per heavy atom. The molecule has 0 saturated carbocycles. The number of hydrogen-bond donors (Lipinski definition) is 0. The van der Waals surface area contributed by atoms with E-state index in [1.807, 2.05) is 115 Å². The van der Waals surface area contributed by atoms with Gasteiger partial charge in [0.1, 0.15) is 7.14 Å². The first-order chi connectivity index (χ1) is 16.2. The van der Waals surface area contributed by atoms with Crippen LogP contribution >= 0.6 is 7.14 Å². The molecule has 5 aromatic rings. The normalized spacial score (nSPS) is 10.4. The molecule has 0 fully saturated rings. The van der Waals surface area contributed by atoms with Crippen LogP contribution in [0.3, 0.4) is 0 Å². The Kier molecular flexibility index (Phi) is 9.37. The fourth-order valence-corrected chi connectivity index (χ4v) is 6.10. The molecule has 5 aromatic carbocycles. The van der Waals surface area contributed by atoms with Gasteiger partial charge in [-0.2, -0.15) is 78.9 Å². The molecule has 0 bridgehead atoms. The molecule has 0 amide bonds. The van der Waals surface area contributed by atoms with Gasteiger partial charge in [0, 0.05) is 10.6 Å². The molecule has 0 N–H and O–H groups in total. The van der Waals surface area contributed by atoms with Gasteiger partial charge in [-0.05, 0) is 0 Å². The molecular formula is C31H24IrOP. The quantitative estimate of drug-likeness (QED) is 0.165. The van der Waals surface area contributed by atoms with E-state index in [0.717, 1.165) is 27.0 Å². The van der Waals surface area contributed by atoms with Crippen molar-refractivity contribution >= 4 is 23.1 Å². The first-order valence-electron chi connectivity index (χ1n) is 10.8. The summed E-state index contributed by atoms with van der Waals surface area (Å²) in [6.07, 6.45) is 0. The van der Waals surface area contributed by atoms with E-state index in [2.05, 4.69) is 37.3 Å². The summed E-state index contributed by atoms with van der Waals surface area (Å²) in [5.74, 6) is 0. The number of hydrogen-bond acceptors (Lipinski definition) is 1. The van der Waals surface area contributed by atoms with Gasteiger partial charge < -0.3 is 4.57 Å². The van der Waals surface area contributed by atoms with Crippen LogP contribution in [0.15, 0.2) is 127 Å². The average molecular weight is 636 g/mol. The summed E-state index contributed by atoms with van der Waals surface area (Å²) in [4.78, 5) is 0. The Morgan fingerprint density at radius 3 is 1.56 bits per heavy atom. The molecule has 0 heterocycles. The molecule has 0 radical (unpaired) electrons. The molecule has 3 heteroatoms. The number of rotatable bonds is 4. The molecule has 0 aliphatic rings. The molecule has 0 saturated heterocycles. The van der Waals surface area contributed by atoms with Crippen LogP contribution < -0.4 is 15.9 Å². The molecule has 0 aliphatic carbocycles. The van der Waals surface area contributed by atoms with Crippen molar-refractivity contribution in [3.8, 4) is 11.1 Å². The van der Waals surface area contributed by atoms with E-state index in [-0.39, 0.29) is 20.1 Å².